The molecule has 1 atom stereocenters. The molecule has 1 aromatic rings. The summed E-state index contributed by atoms with van der Waals surface area (Å²) in [7, 11) is 0. The molecule has 1 fully saturated rings. The predicted molar refractivity (Wildman–Crippen MR) is 95.9 cm³/mol. The van der Waals surface area contributed by atoms with Gasteiger partial charge < -0.3 is 15.5 Å². The molecule has 27 heavy (non-hydrogen) atoms. The molecule has 1 aliphatic rings. The Morgan fingerprint density at radius 3 is 2.44 bits per heavy atom. The second-order valence-corrected chi connectivity index (χ2v) is 6.92. The fraction of sp³-hybridized carbons (Fsp3) is 0.526. The van der Waals surface area contributed by atoms with E-state index in [9.17, 15) is 23.2 Å². The summed E-state index contributed by atoms with van der Waals surface area (Å²) in [6, 6.07) is 2.22. The quantitative estimate of drug-likeness (QED) is 0.675. The number of nitrogens with one attached hydrogen (secondary N) is 2. The van der Waals surface area contributed by atoms with E-state index in [1.165, 1.54) is 6.07 Å². The van der Waals surface area contributed by atoms with Crippen molar-refractivity contribution in [3.63, 3.8) is 0 Å². The van der Waals surface area contributed by atoms with Crippen LogP contribution >= 0.6 is 0 Å². The highest BCUT2D eigenvalue weighted by atomic mass is 19.1. The van der Waals surface area contributed by atoms with Gasteiger partial charge in [0.15, 0.2) is 0 Å². The van der Waals surface area contributed by atoms with Gasteiger partial charge in [0.05, 0.1) is 0 Å². The monoisotopic (exact) mass is 381 g/mol. The lowest BCUT2D eigenvalue weighted by Gasteiger charge is -2.22. The van der Waals surface area contributed by atoms with Crippen LogP contribution in [0.25, 0.3) is 0 Å². The van der Waals surface area contributed by atoms with E-state index in [1.54, 1.807) is 18.7 Å². The largest absolute Gasteiger partial charge is 0.354 e. The van der Waals surface area contributed by atoms with E-state index in [1.807, 2.05) is 0 Å². The maximum Gasteiger partial charge on any atom is 0.257 e. The van der Waals surface area contributed by atoms with Gasteiger partial charge in [-0.05, 0) is 30.9 Å². The number of halogens is 2. The molecule has 2 rings (SSSR count). The van der Waals surface area contributed by atoms with Crippen molar-refractivity contribution in [3.8, 4) is 0 Å². The lowest BCUT2D eigenvalue weighted by atomic mass is 10.0. The first-order chi connectivity index (χ1) is 12.8. The number of carbonyl (C=O) groups excluding carboxylic acids is 3. The van der Waals surface area contributed by atoms with E-state index in [4.69, 9.17) is 0 Å². The Balaban J connectivity index is 1.89. The van der Waals surface area contributed by atoms with E-state index in [0.29, 0.717) is 25.9 Å². The van der Waals surface area contributed by atoms with E-state index in [2.05, 4.69) is 10.6 Å². The molecule has 2 N–H and O–H groups in total. The van der Waals surface area contributed by atoms with Gasteiger partial charge in [0.1, 0.15) is 23.2 Å². The average molecular weight is 381 g/mol. The normalized spacial score (nSPS) is 15.1. The van der Waals surface area contributed by atoms with E-state index in [0.717, 1.165) is 25.1 Å². The summed E-state index contributed by atoms with van der Waals surface area (Å²) in [6.45, 7) is 5.11. The van der Waals surface area contributed by atoms with Gasteiger partial charge in [0.25, 0.3) is 5.91 Å². The van der Waals surface area contributed by atoms with Crippen LogP contribution in [0.5, 0.6) is 0 Å². The van der Waals surface area contributed by atoms with E-state index in [-0.39, 0.29) is 11.8 Å². The first kappa shape index (κ1) is 20.8. The standard InChI is InChI=1S/C19H25F2N3O3/c1-12(2)17(23-18(26)16-13(20)6-3-7-14(16)21)19(27)22-9-5-11-24-10-4-8-15(24)25/h3,6-7,12,17H,4-5,8-11H2,1-2H3,(H,22,27)(H,23,26). The van der Waals surface area contributed by atoms with Crippen LogP contribution < -0.4 is 10.6 Å². The summed E-state index contributed by atoms with van der Waals surface area (Å²) in [6.07, 6.45) is 2.03. The highest BCUT2D eigenvalue weighted by molar-refractivity contribution is 5.98. The van der Waals surface area contributed by atoms with Crippen LogP contribution in [0.2, 0.25) is 0 Å². The molecule has 0 saturated carbocycles. The average Bonchev–Trinajstić information content (AvgIpc) is 3.01. The summed E-state index contributed by atoms with van der Waals surface area (Å²) in [5, 5.41) is 5.12. The van der Waals surface area contributed by atoms with Crippen LogP contribution in [0.1, 0.15) is 43.5 Å². The molecule has 148 valence electrons. The third kappa shape index (κ3) is 5.48. The molecule has 0 radical (unpaired) electrons. The van der Waals surface area contributed by atoms with E-state index < -0.39 is 35.1 Å². The Morgan fingerprint density at radius 2 is 1.89 bits per heavy atom. The molecule has 1 aromatic carbocycles. The molecular weight excluding hydrogens is 356 g/mol. The van der Waals surface area contributed by atoms with Crippen molar-refractivity contribution >= 4 is 17.7 Å². The number of nitrogens with zero attached hydrogens (tertiary/aromatic N) is 1. The minimum Gasteiger partial charge on any atom is -0.354 e. The molecular formula is C19H25F2N3O3. The highest BCUT2D eigenvalue weighted by Gasteiger charge is 2.27. The van der Waals surface area contributed by atoms with Crippen LogP contribution in [0.4, 0.5) is 8.78 Å². The molecule has 1 aliphatic heterocycles. The smallest absolute Gasteiger partial charge is 0.257 e. The molecule has 1 saturated heterocycles. The second-order valence-electron chi connectivity index (χ2n) is 6.92. The van der Waals surface area contributed by atoms with Crippen LogP contribution in [-0.4, -0.2) is 48.3 Å². The third-order valence-electron chi connectivity index (χ3n) is 4.50. The van der Waals surface area contributed by atoms with Crippen LogP contribution in [0.15, 0.2) is 18.2 Å². The lowest BCUT2D eigenvalue weighted by molar-refractivity contribution is -0.127. The number of hydrogen-bond donors (Lipinski definition) is 2. The number of hydrogen-bond acceptors (Lipinski definition) is 3. The third-order valence-corrected chi connectivity index (χ3v) is 4.50. The zero-order valence-electron chi connectivity index (χ0n) is 15.6. The van der Waals surface area contributed by atoms with Gasteiger partial charge in [-0.15, -0.1) is 0 Å². The van der Waals surface area contributed by atoms with Crippen LogP contribution in [-0.2, 0) is 9.59 Å². The fourth-order valence-electron chi connectivity index (χ4n) is 3.00. The maximum absolute atomic E-state index is 13.7. The molecule has 0 bridgehead atoms. The Hall–Kier alpha value is -2.51. The Bertz CT molecular complexity index is 689. The number of carbonyl (C=O) groups is 3. The summed E-state index contributed by atoms with van der Waals surface area (Å²) < 4.78 is 27.5. The number of amides is 3. The Kier molecular flexibility index (Phi) is 7.27. The summed E-state index contributed by atoms with van der Waals surface area (Å²) >= 11 is 0. The fourth-order valence-corrected chi connectivity index (χ4v) is 3.00. The zero-order valence-corrected chi connectivity index (χ0v) is 15.6. The SMILES string of the molecule is CC(C)C(NC(=O)c1c(F)cccc1F)C(=O)NCCCN1CCCC1=O. The van der Waals surface area contributed by atoms with Crippen molar-refractivity contribution in [2.75, 3.05) is 19.6 Å². The molecule has 6 nitrogen and oxygen atoms in total. The highest BCUT2D eigenvalue weighted by Crippen LogP contribution is 2.13. The maximum atomic E-state index is 13.7. The van der Waals surface area contributed by atoms with Crippen molar-refractivity contribution in [1.29, 1.82) is 0 Å². The molecule has 1 heterocycles. The zero-order chi connectivity index (χ0) is 20.0. The molecule has 3 amide bonds. The van der Waals surface area contributed by atoms with Crippen molar-refractivity contribution in [2.45, 2.75) is 39.2 Å². The van der Waals surface area contributed by atoms with Gasteiger partial charge >= 0.3 is 0 Å². The molecule has 0 aromatic heterocycles. The second kappa shape index (κ2) is 9.43. The van der Waals surface area contributed by atoms with E-state index >= 15 is 0 Å². The summed E-state index contributed by atoms with van der Waals surface area (Å²) in [5.41, 5.74) is -0.705. The van der Waals surface area contributed by atoms with Gasteiger partial charge in [0, 0.05) is 26.1 Å². The van der Waals surface area contributed by atoms with Gasteiger partial charge in [-0.2, -0.15) is 0 Å². The van der Waals surface area contributed by atoms with Gasteiger partial charge in [-0.3, -0.25) is 14.4 Å². The first-order valence-corrected chi connectivity index (χ1v) is 9.11. The van der Waals surface area contributed by atoms with Crippen molar-refractivity contribution in [2.24, 2.45) is 5.92 Å². The minimum absolute atomic E-state index is 0.126. The lowest BCUT2D eigenvalue weighted by Crippen LogP contribution is -2.50. The van der Waals surface area contributed by atoms with Gasteiger partial charge in [-0.1, -0.05) is 19.9 Å². The number of likely N-dealkylation sites (tertiary alicyclic amines) is 1. The van der Waals surface area contributed by atoms with Gasteiger partial charge in [0.2, 0.25) is 11.8 Å². The first-order valence-electron chi connectivity index (χ1n) is 9.11. The number of benzene rings is 1. The van der Waals surface area contributed by atoms with Crippen molar-refractivity contribution in [1.82, 2.24) is 15.5 Å². The summed E-state index contributed by atoms with van der Waals surface area (Å²) in [4.78, 5) is 37.9. The Labute approximate surface area is 157 Å². The Morgan fingerprint density at radius 1 is 1.22 bits per heavy atom. The molecule has 0 spiro atoms. The minimum atomic E-state index is -0.981. The predicted octanol–water partition coefficient (Wildman–Crippen LogP) is 1.85. The molecule has 0 aliphatic carbocycles. The van der Waals surface area contributed by atoms with Gasteiger partial charge in [-0.25, -0.2) is 8.78 Å². The van der Waals surface area contributed by atoms with Crippen molar-refractivity contribution < 1.29 is 23.2 Å². The number of rotatable bonds is 8. The van der Waals surface area contributed by atoms with Crippen LogP contribution in [0, 0.1) is 17.6 Å². The topological polar surface area (TPSA) is 78.5 Å². The molecule has 1 unspecified atom stereocenters. The summed E-state index contributed by atoms with van der Waals surface area (Å²) in [5.74, 6) is -3.51. The van der Waals surface area contributed by atoms with Crippen molar-refractivity contribution in [3.05, 3.63) is 35.4 Å². The molecule has 8 heteroatoms. The van der Waals surface area contributed by atoms with Crippen LogP contribution in [0.3, 0.4) is 0 Å².